The van der Waals surface area contributed by atoms with Crippen LogP contribution in [0.1, 0.15) is 67.2 Å². The number of nitrogens with two attached hydrogens (primary N) is 1. The number of likely N-dealkylation sites (N-methyl/N-ethyl adjacent to an activating group) is 1. The van der Waals surface area contributed by atoms with E-state index < -0.39 is 46.8 Å². The second-order valence-electron chi connectivity index (χ2n) is 11.9. The molecule has 10 nitrogen and oxygen atoms in total. The number of rotatable bonds is 5. The molecule has 1 unspecified atom stereocenters. The number of nitrogen functional groups attached to an aromatic ring is 1. The minimum Gasteiger partial charge on any atom is -0.414 e. The fraction of sp³-hybridized carbons (Fsp3) is 0.833. The van der Waals surface area contributed by atoms with Gasteiger partial charge in [0, 0.05) is 18.8 Å². The molecule has 1 aromatic rings. The van der Waals surface area contributed by atoms with Crippen LogP contribution in [0.4, 0.5) is 5.82 Å². The second-order valence-corrected chi connectivity index (χ2v) is 20.8. The molecule has 2 bridgehead atoms. The second kappa shape index (κ2) is 9.56. The molecule has 0 spiro atoms. The predicted molar refractivity (Wildman–Crippen MR) is 142 cm³/mol. The zero-order valence-corrected chi connectivity index (χ0v) is 25.4. The Labute approximate surface area is 216 Å². The first-order chi connectivity index (χ1) is 16.7. The van der Waals surface area contributed by atoms with Gasteiger partial charge in [-0.15, -0.1) is 0 Å². The Morgan fingerprint density at radius 1 is 1.06 bits per heavy atom. The highest BCUT2D eigenvalue weighted by molar-refractivity contribution is 6.84. The minimum atomic E-state index is -2.89. The summed E-state index contributed by atoms with van der Waals surface area (Å²) in [6.45, 7) is 20.1. The first-order valence-corrected chi connectivity index (χ1v) is 17.1. The Bertz CT molecular complexity index is 1020. The summed E-state index contributed by atoms with van der Waals surface area (Å²) in [5.74, 6) is 0.211. The van der Waals surface area contributed by atoms with Gasteiger partial charge < -0.3 is 23.4 Å². The normalized spacial score (nSPS) is 32.2. The smallest absolute Gasteiger partial charge is 0.351 e. The van der Waals surface area contributed by atoms with Gasteiger partial charge in [0.2, 0.25) is 0 Å². The van der Waals surface area contributed by atoms with Gasteiger partial charge in [-0.2, -0.15) is 10.0 Å². The van der Waals surface area contributed by atoms with Crippen LogP contribution in [0.5, 0.6) is 0 Å². The Morgan fingerprint density at radius 2 is 1.64 bits per heavy atom. The van der Waals surface area contributed by atoms with Crippen molar-refractivity contribution in [2.24, 2.45) is 0 Å². The van der Waals surface area contributed by atoms with E-state index in [1.807, 2.05) is 14.0 Å². The van der Waals surface area contributed by atoms with Crippen molar-refractivity contribution in [1.82, 2.24) is 14.6 Å². The molecule has 4 rings (SSSR count). The molecular weight excluding hydrogens is 496 g/mol. The fourth-order valence-corrected chi connectivity index (χ4v) is 17.4. The maximum absolute atomic E-state index is 13.0. The molecule has 1 aromatic heterocycles. The van der Waals surface area contributed by atoms with Crippen LogP contribution in [0.3, 0.4) is 0 Å². The van der Waals surface area contributed by atoms with Gasteiger partial charge in [0.25, 0.3) is 0 Å². The number of aromatic nitrogens is 2. The molecule has 0 saturated carbocycles. The molecule has 12 heteroatoms. The average Bonchev–Trinajstić information content (AvgIpc) is 2.92. The average molecular weight is 541 g/mol. The molecule has 3 fully saturated rings. The largest absolute Gasteiger partial charge is 0.414 e. The van der Waals surface area contributed by atoms with Crippen LogP contribution in [0.2, 0.25) is 22.2 Å². The lowest BCUT2D eigenvalue weighted by molar-refractivity contribution is -0.257. The van der Waals surface area contributed by atoms with Crippen molar-refractivity contribution < 1.29 is 22.5 Å². The lowest BCUT2D eigenvalue weighted by Crippen LogP contribution is -2.71. The van der Waals surface area contributed by atoms with E-state index in [1.54, 1.807) is 11.3 Å². The maximum atomic E-state index is 13.0. The SMILES string of the molecule is Cc1cn([C@@H]2O[C@]34CO[Si](C(C)C)(C(C)C)O[Si](C(C)C)(C(C)C)O[C@@H]3C2ON(C)C4)c(=O)nc1N. The molecule has 0 aromatic carbocycles. The number of hydroxylamine groups is 2. The first kappa shape index (κ1) is 27.9. The van der Waals surface area contributed by atoms with Crippen LogP contribution in [0, 0.1) is 6.92 Å². The van der Waals surface area contributed by atoms with E-state index in [1.165, 1.54) is 4.57 Å². The van der Waals surface area contributed by atoms with Crippen LogP contribution < -0.4 is 11.4 Å². The van der Waals surface area contributed by atoms with Gasteiger partial charge >= 0.3 is 22.8 Å². The van der Waals surface area contributed by atoms with E-state index in [2.05, 4.69) is 60.4 Å². The van der Waals surface area contributed by atoms with E-state index >= 15 is 0 Å². The molecule has 3 aliphatic rings. The highest BCUT2D eigenvalue weighted by Crippen LogP contribution is 2.53. The van der Waals surface area contributed by atoms with Crippen LogP contribution in [-0.4, -0.2) is 69.7 Å². The fourth-order valence-electron chi connectivity index (χ4n) is 6.14. The standard InChI is InChI=1S/C24H44N4O6Si2/c1-14(2)35(15(3)4)30-13-24-12-27(10)32-19(20(24)33-36(34-35,16(5)6)17(7)8)22(31-24)28-11-18(9)21(25)26-23(28)29/h11,14-17,19-20,22H,12-13H2,1-10H3,(H2,25,26,29)/t19?,20-,22-,24-/m1/s1. The number of nitrogens with zero attached hydrogens (tertiary/aromatic N) is 3. The lowest BCUT2D eigenvalue weighted by atomic mass is 9.94. The number of aryl methyl sites for hydroxylation is 1. The topological polar surface area (TPSA) is 110 Å². The van der Waals surface area contributed by atoms with Crippen molar-refractivity contribution in [1.29, 1.82) is 0 Å². The molecule has 4 atom stereocenters. The van der Waals surface area contributed by atoms with Gasteiger partial charge in [0.1, 0.15) is 17.5 Å². The molecule has 3 saturated heterocycles. The molecule has 4 heterocycles. The summed E-state index contributed by atoms with van der Waals surface area (Å²) in [7, 11) is -3.76. The van der Waals surface area contributed by atoms with Crippen molar-refractivity contribution >= 4 is 22.9 Å². The summed E-state index contributed by atoms with van der Waals surface area (Å²) < 4.78 is 29.9. The van der Waals surface area contributed by atoms with E-state index in [0.717, 1.165) is 0 Å². The maximum Gasteiger partial charge on any atom is 0.351 e. The van der Waals surface area contributed by atoms with E-state index in [4.69, 9.17) is 28.3 Å². The van der Waals surface area contributed by atoms with E-state index in [0.29, 0.717) is 18.7 Å². The van der Waals surface area contributed by atoms with E-state index in [9.17, 15) is 4.79 Å². The molecule has 204 valence electrons. The molecule has 0 amide bonds. The molecule has 2 N–H and O–H groups in total. The van der Waals surface area contributed by atoms with Crippen molar-refractivity contribution in [3.05, 3.63) is 22.2 Å². The summed E-state index contributed by atoms with van der Waals surface area (Å²) in [6, 6.07) is 0. The van der Waals surface area contributed by atoms with Crippen molar-refractivity contribution in [3.63, 3.8) is 0 Å². The zero-order chi connectivity index (χ0) is 26.8. The van der Waals surface area contributed by atoms with Crippen LogP contribution in [0.15, 0.2) is 11.0 Å². The predicted octanol–water partition coefficient (Wildman–Crippen LogP) is 3.60. The summed E-state index contributed by atoms with van der Waals surface area (Å²) >= 11 is 0. The summed E-state index contributed by atoms with van der Waals surface area (Å²) in [4.78, 5) is 23.3. The van der Waals surface area contributed by atoms with Gasteiger partial charge in [0.05, 0.1) is 13.2 Å². The summed E-state index contributed by atoms with van der Waals surface area (Å²) in [5.41, 5.74) is 6.07. The minimum absolute atomic E-state index is 0.168. The monoisotopic (exact) mass is 540 g/mol. The molecule has 36 heavy (non-hydrogen) atoms. The number of ether oxygens (including phenoxy) is 1. The Kier molecular flexibility index (Phi) is 7.41. The van der Waals surface area contributed by atoms with Gasteiger partial charge in [-0.05, 0) is 29.1 Å². The number of hydrogen-bond donors (Lipinski definition) is 1. The number of anilines is 1. The van der Waals surface area contributed by atoms with Gasteiger partial charge in [-0.1, -0.05) is 55.4 Å². The van der Waals surface area contributed by atoms with Gasteiger partial charge in [0.15, 0.2) is 12.3 Å². The van der Waals surface area contributed by atoms with Crippen LogP contribution in [-0.2, 0) is 22.5 Å². The Balaban J connectivity index is 1.89. The third kappa shape index (κ3) is 4.23. The van der Waals surface area contributed by atoms with Gasteiger partial charge in [-0.25, -0.2) is 4.79 Å². The van der Waals surface area contributed by atoms with Crippen molar-refractivity contribution in [2.75, 3.05) is 25.9 Å². The van der Waals surface area contributed by atoms with Crippen LogP contribution in [0.25, 0.3) is 0 Å². The summed E-state index contributed by atoms with van der Waals surface area (Å²) in [6.07, 6.45) is -0.0830. The van der Waals surface area contributed by atoms with Crippen LogP contribution >= 0.6 is 0 Å². The van der Waals surface area contributed by atoms with Gasteiger partial charge in [-0.3, -0.25) is 9.40 Å². The highest BCUT2D eigenvalue weighted by atomic mass is 28.5. The first-order valence-electron chi connectivity index (χ1n) is 13.1. The quantitative estimate of drug-likeness (QED) is 0.560. The Morgan fingerprint density at radius 3 is 2.19 bits per heavy atom. The zero-order valence-electron chi connectivity index (χ0n) is 23.4. The third-order valence-corrected chi connectivity index (χ3v) is 18.3. The van der Waals surface area contributed by atoms with E-state index in [-0.39, 0.29) is 28.0 Å². The highest BCUT2D eigenvalue weighted by Gasteiger charge is 2.68. The third-order valence-electron chi connectivity index (χ3n) is 8.08. The van der Waals surface area contributed by atoms with Crippen molar-refractivity contribution in [2.45, 2.75) is 109 Å². The molecule has 3 aliphatic heterocycles. The molecule has 0 radical (unpaired) electrons. The Hall–Kier alpha value is -1.13. The lowest BCUT2D eigenvalue weighted by Gasteiger charge is -2.55. The summed E-state index contributed by atoms with van der Waals surface area (Å²) in [5, 5.41) is 1.78. The van der Waals surface area contributed by atoms with Crippen molar-refractivity contribution in [3.8, 4) is 0 Å². The molecule has 0 aliphatic carbocycles. The number of hydrogen-bond acceptors (Lipinski definition) is 9. The molecular formula is C24H44N4O6Si2.